The van der Waals surface area contributed by atoms with Crippen LogP contribution >= 0.6 is 11.6 Å². The van der Waals surface area contributed by atoms with Crippen LogP contribution in [0.3, 0.4) is 0 Å². The molecule has 10 heteroatoms. The maximum atomic E-state index is 12.7. The third-order valence-corrected chi connectivity index (χ3v) is 6.34. The molecule has 1 aromatic heterocycles. The second-order valence-electron chi connectivity index (χ2n) is 8.27. The molecule has 0 saturated carbocycles. The largest absolute Gasteiger partial charge is 0.343 e. The van der Waals surface area contributed by atoms with Gasteiger partial charge in [0.1, 0.15) is 5.69 Å². The lowest BCUT2D eigenvalue weighted by atomic mass is 9.87. The first-order valence-corrected chi connectivity index (χ1v) is 11.7. The van der Waals surface area contributed by atoms with Crippen LogP contribution in [0.25, 0.3) is 0 Å². The molecular weight excluding hydrogens is 440 g/mol. The SMILES string of the molecule is CC(C)c1cc(Cl)cc(C(C)C)c1CC(=O)NS(=O)(=O)c1cc(C(=O)N(C)C)n(C)n1. The molecule has 2 aromatic rings. The van der Waals surface area contributed by atoms with Crippen molar-refractivity contribution in [3.05, 3.63) is 45.6 Å². The highest BCUT2D eigenvalue weighted by molar-refractivity contribution is 7.90. The van der Waals surface area contributed by atoms with E-state index in [1.165, 1.54) is 16.6 Å². The number of rotatable bonds is 7. The van der Waals surface area contributed by atoms with E-state index in [4.69, 9.17) is 11.6 Å². The molecule has 0 atom stereocenters. The van der Waals surface area contributed by atoms with Gasteiger partial charge in [-0.2, -0.15) is 13.5 Å². The van der Waals surface area contributed by atoms with E-state index in [0.29, 0.717) is 5.02 Å². The molecule has 0 aliphatic rings. The second-order valence-corrected chi connectivity index (χ2v) is 10.3. The highest BCUT2D eigenvalue weighted by Crippen LogP contribution is 2.31. The fraction of sp³-hybridized carbons (Fsp3) is 0.476. The van der Waals surface area contributed by atoms with Gasteiger partial charge in [-0.1, -0.05) is 39.3 Å². The Bertz CT molecular complexity index is 1080. The van der Waals surface area contributed by atoms with Crippen LogP contribution in [0.2, 0.25) is 5.02 Å². The van der Waals surface area contributed by atoms with Gasteiger partial charge in [0.25, 0.3) is 15.9 Å². The van der Waals surface area contributed by atoms with E-state index in [9.17, 15) is 18.0 Å². The first-order valence-electron chi connectivity index (χ1n) is 9.88. The molecule has 2 rings (SSSR count). The van der Waals surface area contributed by atoms with Gasteiger partial charge >= 0.3 is 0 Å². The molecule has 0 radical (unpaired) electrons. The summed E-state index contributed by atoms with van der Waals surface area (Å²) in [5.41, 5.74) is 2.67. The quantitative estimate of drug-likeness (QED) is 0.672. The first-order chi connectivity index (χ1) is 14.2. The van der Waals surface area contributed by atoms with Crippen molar-refractivity contribution in [1.82, 2.24) is 19.4 Å². The predicted octanol–water partition coefficient (Wildman–Crippen LogP) is 3.07. The standard InChI is InChI=1S/C21H29ClN4O4S/c1-12(2)15-8-14(22)9-16(13(3)4)17(15)10-19(27)24-31(29,30)20-11-18(26(7)23-20)21(28)25(5)6/h8-9,11-13H,10H2,1-7H3,(H,24,27). The Hall–Kier alpha value is -2.39. The van der Waals surface area contributed by atoms with Gasteiger partial charge in [0.15, 0.2) is 5.03 Å². The van der Waals surface area contributed by atoms with Crippen molar-refractivity contribution < 1.29 is 18.0 Å². The van der Waals surface area contributed by atoms with Crippen molar-refractivity contribution in [2.75, 3.05) is 14.1 Å². The van der Waals surface area contributed by atoms with Crippen molar-refractivity contribution in [2.45, 2.75) is 51.0 Å². The molecule has 1 aromatic carbocycles. The lowest BCUT2D eigenvalue weighted by Gasteiger charge is -2.20. The number of sulfonamides is 1. The zero-order chi connectivity index (χ0) is 23.7. The summed E-state index contributed by atoms with van der Waals surface area (Å²) >= 11 is 6.26. The number of hydrogen-bond donors (Lipinski definition) is 1. The molecule has 0 spiro atoms. The van der Waals surface area contributed by atoms with Crippen LogP contribution in [-0.4, -0.2) is 49.0 Å². The van der Waals surface area contributed by atoms with Crippen LogP contribution in [0.5, 0.6) is 0 Å². The average Bonchev–Trinajstić information content (AvgIpc) is 3.03. The Morgan fingerprint density at radius 3 is 2.06 bits per heavy atom. The van der Waals surface area contributed by atoms with Crippen LogP contribution in [0.4, 0.5) is 0 Å². The number of halogens is 1. The summed E-state index contributed by atoms with van der Waals surface area (Å²) in [5.74, 6) is -0.874. The van der Waals surface area contributed by atoms with Crippen molar-refractivity contribution in [1.29, 1.82) is 0 Å². The lowest BCUT2D eigenvalue weighted by molar-refractivity contribution is -0.118. The zero-order valence-corrected chi connectivity index (χ0v) is 20.4. The van der Waals surface area contributed by atoms with Crippen molar-refractivity contribution in [3.8, 4) is 0 Å². The van der Waals surface area contributed by atoms with Crippen molar-refractivity contribution in [2.24, 2.45) is 7.05 Å². The average molecular weight is 469 g/mol. The highest BCUT2D eigenvalue weighted by atomic mass is 35.5. The Morgan fingerprint density at radius 2 is 1.61 bits per heavy atom. The van der Waals surface area contributed by atoms with E-state index in [-0.39, 0.29) is 24.0 Å². The minimum Gasteiger partial charge on any atom is -0.343 e. The predicted molar refractivity (Wildman–Crippen MR) is 120 cm³/mol. The number of benzene rings is 1. The van der Waals surface area contributed by atoms with Gasteiger partial charge in [-0.15, -0.1) is 0 Å². The summed E-state index contributed by atoms with van der Waals surface area (Å²) in [4.78, 5) is 26.2. The number of nitrogens with zero attached hydrogens (tertiary/aromatic N) is 3. The van der Waals surface area contributed by atoms with Gasteiger partial charge < -0.3 is 4.90 Å². The van der Waals surface area contributed by atoms with E-state index >= 15 is 0 Å². The fourth-order valence-electron chi connectivity index (χ4n) is 3.31. The summed E-state index contributed by atoms with van der Waals surface area (Å²) in [6.45, 7) is 7.96. The van der Waals surface area contributed by atoms with Crippen LogP contribution < -0.4 is 4.72 Å². The Labute approximate surface area is 188 Å². The van der Waals surface area contributed by atoms with Gasteiger partial charge in [-0.05, 0) is 40.7 Å². The van der Waals surface area contributed by atoms with E-state index in [1.54, 1.807) is 14.1 Å². The van der Waals surface area contributed by atoms with Crippen molar-refractivity contribution in [3.63, 3.8) is 0 Å². The maximum absolute atomic E-state index is 12.7. The number of aryl methyl sites for hydroxylation is 1. The van der Waals surface area contributed by atoms with E-state index in [2.05, 4.69) is 9.82 Å². The number of carbonyl (C=O) groups is 2. The van der Waals surface area contributed by atoms with Crippen LogP contribution in [0.15, 0.2) is 23.2 Å². The Kier molecular flexibility index (Phi) is 7.54. The number of carbonyl (C=O) groups excluding carboxylic acids is 2. The molecule has 1 heterocycles. The number of hydrogen-bond acceptors (Lipinski definition) is 5. The molecule has 0 unspecified atom stereocenters. The normalized spacial score (nSPS) is 11.8. The van der Waals surface area contributed by atoms with Gasteiger partial charge in [-0.3, -0.25) is 14.3 Å². The van der Waals surface area contributed by atoms with Gasteiger partial charge in [0, 0.05) is 32.2 Å². The molecule has 8 nitrogen and oxygen atoms in total. The molecular formula is C21H29ClN4O4S. The second kappa shape index (κ2) is 9.40. The smallest absolute Gasteiger partial charge is 0.283 e. The first kappa shape index (κ1) is 24.9. The molecule has 31 heavy (non-hydrogen) atoms. The topological polar surface area (TPSA) is 101 Å². The van der Waals surface area contributed by atoms with E-state index in [1.807, 2.05) is 39.8 Å². The summed E-state index contributed by atoms with van der Waals surface area (Å²) in [6, 6.07) is 4.78. The molecule has 0 saturated heterocycles. The monoisotopic (exact) mass is 468 g/mol. The molecule has 170 valence electrons. The van der Waals surface area contributed by atoms with Crippen LogP contribution in [0, 0.1) is 0 Å². The molecule has 0 bridgehead atoms. The number of nitrogens with one attached hydrogen (secondary N) is 1. The number of amides is 2. The van der Waals surface area contributed by atoms with Crippen molar-refractivity contribution >= 4 is 33.4 Å². The highest BCUT2D eigenvalue weighted by Gasteiger charge is 2.26. The fourth-order valence-corrected chi connectivity index (χ4v) is 4.52. The van der Waals surface area contributed by atoms with E-state index in [0.717, 1.165) is 22.8 Å². The van der Waals surface area contributed by atoms with Gasteiger partial charge in [-0.25, -0.2) is 4.72 Å². The number of aromatic nitrogens is 2. The third-order valence-electron chi connectivity index (χ3n) is 4.87. The lowest BCUT2D eigenvalue weighted by Crippen LogP contribution is -2.32. The third kappa shape index (κ3) is 5.65. The Balaban J connectivity index is 2.35. The molecule has 0 aliphatic heterocycles. The Morgan fingerprint density at radius 1 is 1.10 bits per heavy atom. The van der Waals surface area contributed by atoms with Crippen LogP contribution in [-0.2, 0) is 28.3 Å². The molecule has 2 amide bonds. The molecule has 0 fully saturated rings. The minimum absolute atomic E-state index is 0.0970. The van der Waals surface area contributed by atoms with Crippen LogP contribution in [0.1, 0.15) is 66.7 Å². The zero-order valence-electron chi connectivity index (χ0n) is 18.9. The van der Waals surface area contributed by atoms with Gasteiger partial charge in [0.2, 0.25) is 5.91 Å². The summed E-state index contributed by atoms with van der Waals surface area (Å²) in [5, 5.41) is 4.09. The maximum Gasteiger partial charge on any atom is 0.283 e. The molecule has 0 aliphatic carbocycles. The molecule has 1 N–H and O–H groups in total. The minimum atomic E-state index is -4.24. The summed E-state index contributed by atoms with van der Waals surface area (Å²) in [6.07, 6.45) is -0.117. The summed E-state index contributed by atoms with van der Waals surface area (Å²) < 4.78 is 28.7. The van der Waals surface area contributed by atoms with Gasteiger partial charge in [0.05, 0.1) is 6.42 Å². The van der Waals surface area contributed by atoms with E-state index < -0.39 is 26.9 Å². The summed E-state index contributed by atoms with van der Waals surface area (Å²) in [7, 11) is 0.327.